The third-order valence-corrected chi connectivity index (χ3v) is 2.96. The van der Waals surface area contributed by atoms with Gasteiger partial charge in [-0.25, -0.2) is 4.98 Å². The van der Waals surface area contributed by atoms with Crippen molar-refractivity contribution >= 4 is 21.5 Å². The highest BCUT2D eigenvalue weighted by atomic mass is 32.1. The summed E-state index contributed by atoms with van der Waals surface area (Å²) in [5.41, 5.74) is 0.978. The normalized spacial score (nSPS) is 10.1. The zero-order chi connectivity index (χ0) is 12.1. The van der Waals surface area contributed by atoms with Gasteiger partial charge in [0.25, 0.3) is 0 Å². The van der Waals surface area contributed by atoms with Crippen molar-refractivity contribution in [1.29, 1.82) is 0 Å². The fraction of sp³-hybridized carbons (Fsp3) is 0.200. The van der Waals surface area contributed by atoms with Crippen molar-refractivity contribution in [1.82, 2.24) is 9.97 Å². The van der Waals surface area contributed by atoms with Crippen molar-refractivity contribution in [2.24, 2.45) is 0 Å². The van der Waals surface area contributed by atoms with Gasteiger partial charge < -0.3 is 5.32 Å². The lowest BCUT2D eigenvalue weighted by atomic mass is 10.3. The summed E-state index contributed by atoms with van der Waals surface area (Å²) in [7, 11) is 0. The summed E-state index contributed by atoms with van der Waals surface area (Å²) in [5, 5.41) is 14.1. The topological polar surface area (TPSA) is 81.0 Å². The van der Waals surface area contributed by atoms with Crippen molar-refractivity contribution < 1.29 is 4.92 Å². The van der Waals surface area contributed by atoms with E-state index in [2.05, 4.69) is 15.3 Å². The molecule has 0 spiro atoms. The zero-order valence-corrected chi connectivity index (χ0v) is 9.68. The number of anilines is 1. The highest BCUT2D eigenvalue weighted by molar-refractivity contribution is 7.18. The van der Waals surface area contributed by atoms with Gasteiger partial charge in [0, 0.05) is 24.9 Å². The number of rotatable bonds is 5. The van der Waals surface area contributed by atoms with Crippen LogP contribution in [0.25, 0.3) is 0 Å². The minimum atomic E-state index is -0.443. The van der Waals surface area contributed by atoms with Gasteiger partial charge in [-0.15, -0.1) is 0 Å². The van der Waals surface area contributed by atoms with Gasteiger partial charge in [0.2, 0.25) is 0 Å². The molecule has 17 heavy (non-hydrogen) atoms. The third kappa shape index (κ3) is 3.22. The average Bonchev–Trinajstić information content (AvgIpc) is 2.79. The molecular formula is C10H10N4O2S. The molecule has 2 aromatic heterocycles. The van der Waals surface area contributed by atoms with Crippen LogP contribution in [0.1, 0.15) is 5.69 Å². The molecule has 0 saturated carbocycles. The second kappa shape index (κ2) is 5.35. The van der Waals surface area contributed by atoms with Crippen LogP contribution in [0.3, 0.4) is 0 Å². The fourth-order valence-corrected chi connectivity index (χ4v) is 1.93. The van der Waals surface area contributed by atoms with Gasteiger partial charge in [-0.2, -0.15) is 0 Å². The molecule has 88 valence electrons. The predicted octanol–water partition coefficient (Wildman–Crippen LogP) is 2.10. The van der Waals surface area contributed by atoms with Crippen LogP contribution < -0.4 is 5.32 Å². The van der Waals surface area contributed by atoms with E-state index in [4.69, 9.17) is 0 Å². The largest absolute Gasteiger partial charge is 0.361 e. The maximum atomic E-state index is 10.4. The van der Waals surface area contributed by atoms with E-state index in [1.54, 1.807) is 6.20 Å². The lowest BCUT2D eigenvalue weighted by molar-refractivity contribution is -0.380. The molecule has 0 atom stereocenters. The molecule has 0 bridgehead atoms. The highest BCUT2D eigenvalue weighted by Crippen LogP contribution is 2.24. The van der Waals surface area contributed by atoms with Crippen molar-refractivity contribution in [3.05, 3.63) is 46.4 Å². The van der Waals surface area contributed by atoms with Crippen molar-refractivity contribution in [2.45, 2.75) is 6.42 Å². The van der Waals surface area contributed by atoms with Gasteiger partial charge in [0.05, 0.1) is 4.92 Å². The molecule has 0 radical (unpaired) electrons. The Bertz CT molecular complexity index is 500. The molecular weight excluding hydrogens is 240 g/mol. The molecule has 6 nitrogen and oxygen atoms in total. The first-order valence-corrected chi connectivity index (χ1v) is 5.81. The summed E-state index contributed by atoms with van der Waals surface area (Å²) < 4.78 is 0. The summed E-state index contributed by atoms with van der Waals surface area (Å²) in [6.07, 6.45) is 3.76. The van der Waals surface area contributed by atoms with Gasteiger partial charge in [-0.1, -0.05) is 6.07 Å². The Kier molecular flexibility index (Phi) is 3.61. The molecule has 0 fully saturated rings. The Labute approximate surface area is 102 Å². The number of pyridine rings is 1. The maximum absolute atomic E-state index is 10.4. The molecule has 0 amide bonds. The van der Waals surface area contributed by atoms with E-state index >= 15 is 0 Å². The molecule has 2 heterocycles. The van der Waals surface area contributed by atoms with Gasteiger partial charge >= 0.3 is 5.00 Å². The Hall–Kier alpha value is -2.02. The van der Waals surface area contributed by atoms with Gasteiger partial charge in [0.1, 0.15) is 6.20 Å². The highest BCUT2D eigenvalue weighted by Gasteiger charge is 2.10. The lowest BCUT2D eigenvalue weighted by Crippen LogP contribution is -2.05. The summed E-state index contributed by atoms with van der Waals surface area (Å²) in [6.45, 7) is 0.654. The number of nitrogens with zero attached hydrogens (tertiary/aromatic N) is 3. The van der Waals surface area contributed by atoms with Gasteiger partial charge in [-0.05, 0) is 23.5 Å². The SMILES string of the molecule is O=[N+]([O-])c1cnc(NCCc2ccccn2)s1. The van der Waals surface area contributed by atoms with E-state index in [1.807, 2.05) is 18.2 Å². The first kappa shape index (κ1) is 11.5. The third-order valence-electron chi connectivity index (χ3n) is 2.06. The molecule has 0 aliphatic carbocycles. The summed E-state index contributed by atoms with van der Waals surface area (Å²) in [6, 6.07) is 5.73. The number of hydrogen-bond donors (Lipinski definition) is 1. The number of nitro groups is 1. The lowest BCUT2D eigenvalue weighted by Gasteiger charge is -2.01. The van der Waals surface area contributed by atoms with Crippen molar-refractivity contribution in [2.75, 3.05) is 11.9 Å². The standard InChI is InChI=1S/C10H10N4O2S/c15-14(16)9-7-13-10(17-9)12-6-4-8-3-1-2-5-11-8/h1-3,5,7H,4,6H2,(H,12,13). The summed E-state index contributed by atoms with van der Waals surface area (Å²) in [4.78, 5) is 18.1. The quantitative estimate of drug-likeness (QED) is 0.649. The smallest absolute Gasteiger partial charge is 0.345 e. The van der Waals surface area contributed by atoms with E-state index < -0.39 is 4.92 Å². The van der Waals surface area contributed by atoms with Crippen LogP contribution in [-0.2, 0) is 6.42 Å². The second-order valence-corrected chi connectivity index (χ2v) is 4.27. The Morgan fingerprint density at radius 2 is 2.29 bits per heavy atom. The van der Waals surface area contributed by atoms with Crippen LogP contribution in [0.15, 0.2) is 30.6 Å². The summed E-state index contributed by atoms with van der Waals surface area (Å²) in [5.74, 6) is 0. The van der Waals surface area contributed by atoms with Gasteiger partial charge in [-0.3, -0.25) is 15.1 Å². The summed E-state index contributed by atoms with van der Waals surface area (Å²) >= 11 is 1.03. The Morgan fingerprint density at radius 3 is 2.94 bits per heavy atom. The van der Waals surface area contributed by atoms with Crippen LogP contribution in [0.4, 0.5) is 10.1 Å². The Balaban J connectivity index is 1.84. The first-order valence-electron chi connectivity index (χ1n) is 5.00. The minimum Gasteiger partial charge on any atom is -0.361 e. The van der Waals surface area contributed by atoms with Crippen LogP contribution >= 0.6 is 11.3 Å². The molecule has 0 aromatic carbocycles. The van der Waals surface area contributed by atoms with E-state index in [0.29, 0.717) is 11.7 Å². The molecule has 2 aromatic rings. The minimum absolute atomic E-state index is 0.0466. The van der Waals surface area contributed by atoms with Crippen LogP contribution in [0, 0.1) is 10.1 Å². The molecule has 0 aliphatic rings. The molecule has 7 heteroatoms. The molecule has 0 unspecified atom stereocenters. The van der Waals surface area contributed by atoms with Crippen LogP contribution in [0.2, 0.25) is 0 Å². The maximum Gasteiger partial charge on any atom is 0.345 e. The van der Waals surface area contributed by atoms with E-state index in [1.165, 1.54) is 6.20 Å². The number of thiazole rings is 1. The van der Waals surface area contributed by atoms with E-state index in [9.17, 15) is 10.1 Å². The van der Waals surface area contributed by atoms with Crippen molar-refractivity contribution in [3.8, 4) is 0 Å². The van der Waals surface area contributed by atoms with Crippen LogP contribution in [0.5, 0.6) is 0 Å². The predicted molar refractivity (Wildman–Crippen MR) is 65.2 cm³/mol. The first-order chi connectivity index (χ1) is 8.25. The van der Waals surface area contributed by atoms with E-state index in [-0.39, 0.29) is 5.00 Å². The zero-order valence-electron chi connectivity index (χ0n) is 8.87. The van der Waals surface area contributed by atoms with Crippen LogP contribution in [-0.4, -0.2) is 21.4 Å². The number of nitrogens with one attached hydrogen (secondary N) is 1. The average molecular weight is 250 g/mol. The molecule has 2 rings (SSSR count). The van der Waals surface area contributed by atoms with E-state index in [0.717, 1.165) is 23.5 Å². The monoisotopic (exact) mass is 250 g/mol. The second-order valence-electron chi connectivity index (χ2n) is 3.26. The van der Waals surface area contributed by atoms with Gasteiger partial charge in [0.15, 0.2) is 5.13 Å². The number of hydrogen-bond acceptors (Lipinski definition) is 6. The molecule has 0 aliphatic heterocycles. The molecule has 0 saturated heterocycles. The fourth-order valence-electron chi connectivity index (χ4n) is 1.28. The Morgan fingerprint density at radius 1 is 1.41 bits per heavy atom. The number of aromatic nitrogens is 2. The van der Waals surface area contributed by atoms with Crippen molar-refractivity contribution in [3.63, 3.8) is 0 Å². The molecule has 1 N–H and O–H groups in total.